The first kappa shape index (κ1) is 19.2. The van der Waals surface area contributed by atoms with Gasteiger partial charge in [-0.15, -0.1) is 0 Å². The second-order valence-corrected chi connectivity index (χ2v) is 9.18. The molecule has 0 aliphatic carbocycles. The number of nitrogens with zero attached hydrogens (tertiary/aromatic N) is 2. The maximum atomic E-state index is 13.2. The van der Waals surface area contributed by atoms with Crippen LogP contribution in [0, 0.1) is 11.7 Å². The molecule has 8 heteroatoms. The van der Waals surface area contributed by atoms with Crippen molar-refractivity contribution < 1.29 is 17.9 Å². The maximum Gasteiger partial charge on any atom is 0.211 e. The Morgan fingerprint density at radius 3 is 2.79 bits per heavy atom. The van der Waals surface area contributed by atoms with Gasteiger partial charge in [0.05, 0.1) is 18.6 Å². The zero-order valence-corrected chi connectivity index (χ0v) is 15.2. The second-order valence-electron chi connectivity index (χ2n) is 7.20. The van der Waals surface area contributed by atoms with E-state index in [2.05, 4.69) is 10.3 Å². The summed E-state index contributed by atoms with van der Waals surface area (Å²) in [6.45, 7) is 5.43. The number of aromatic nitrogens is 1. The van der Waals surface area contributed by atoms with Crippen molar-refractivity contribution in [2.75, 3.05) is 25.9 Å². The molecule has 0 radical (unpaired) electrons. The molecule has 2 rings (SSSR count). The van der Waals surface area contributed by atoms with Crippen molar-refractivity contribution in [3.63, 3.8) is 0 Å². The summed E-state index contributed by atoms with van der Waals surface area (Å²) in [5, 5.41) is 13.5. The van der Waals surface area contributed by atoms with Gasteiger partial charge >= 0.3 is 0 Å². The van der Waals surface area contributed by atoms with Gasteiger partial charge < -0.3 is 10.4 Å². The summed E-state index contributed by atoms with van der Waals surface area (Å²) in [7, 11) is -3.13. The Balaban J connectivity index is 1.85. The monoisotopic (exact) mass is 359 g/mol. The van der Waals surface area contributed by atoms with E-state index < -0.39 is 21.9 Å². The van der Waals surface area contributed by atoms with Crippen molar-refractivity contribution >= 4 is 10.0 Å². The number of aliphatic hydroxyl groups is 1. The Labute approximate surface area is 143 Å². The van der Waals surface area contributed by atoms with E-state index in [4.69, 9.17) is 0 Å². The lowest BCUT2D eigenvalue weighted by Crippen LogP contribution is -2.43. The Bertz CT molecular complexity index is 666. The summed E-state index contributed by atoms with van der Waals surface area (Å²) in [5.41, 5.74) is 0.169. The molecule has 1 aliphatic rings. The standard InChI is InChI=1S/C16H26FN3O3S/c1-16(2,7-12-4-5-20(11-12)24(3,22)23)19-10-15(21)13-6-14(17)9-18-8-13/h6,8-9,12,15,19,21H,4-5,7,10-11H2,1-3H3/t12-,15-/m0/s1. The zero-order chi connectivity index (χ0) is 18.0. The second kappa shape index (κ2) is 7.43. The molecule has 136 valence electrons. The molecule has 0 saturated carbocycles. The quantitative estimate of drug-likeness (QED) is 0.767. The molecular formula is C16H26FN3O3S. The number of hydrogen-bond acceptors (Lipinski definition) is 5. The average molecular weight is 359 g/mol. The maximum absolute atomic E-state index is 13.2. The Kier molecular flexibility index (Phi) is 5.95. The Hall–Kier alpha value is -1.09. The summed E-state index contributed by atoms with van der Waals surface area (Å²) < 4.78 is 37.8. The number of halogens is 1. The van der Waals surface area contributed by atoms with Crippen LogP contribution in [0.3, 0.4) is 0 Å². The SMILES string of the molecule is CC(C)(C[C@@H]1CCN(S(C)(=O)=O)C1)NC[C@H](O)c1cncc(F)c1. The van der Waals surface area contributed by atoms with Crippen LogP contribution in [0.15, 0.2) is 18.5 Å². The van der Waals surface area contributed by atoms with Gasteiger partial charge in [-0.25, -0.2) is 17.1 Å². The summed E-state index contributed by atoms with van der Waals surface area (Å²) >= 11 is 0. The molecule has 1 aliphatic heterocycles. The molecule has 2 heterocycles. The highest BCUT2D eigenvalue weighted by molar-refractivity contribution is 7.88. The topological polar surface area (TPSA) is 82.5 Å². The number of rotatable bonds is 7. The average Bonchev–Trinajstić information content (AvgIpc) is 2.92. The molecule has 24 heavy (non-hydrogen) atoms. The third-order valence-corrected chi connectivity index (χ3v) is 5.67. The van der Waals surface area contributed by atoms with Crippen LogP contribution in [0.1, 0.15) is 38.4 Å². The normalized spacial score (nSPS) is 21.1. The number of sulfonamides is 1. The van der Waals surface area contributed by atoms with Crippen LogP contribution in [0.25, 0.3) is 0 Å². The van der Waals surface area contributed by atoms with Crippen LogP contribution in [0.2, 0.25) is 0 Å². The van der Waals surface area contributed by atoms with E-state index >= 15 is 0 Å². The van der Waals surface area contributed by atoms with Crippen molar-refractivity contribution in [2.24, 2.45) is 5.92 Å². The third kappa shape index (κ3) is 5.47. The minimum atomic E-state index is -3.13. The lowest BCUT2D eigenvalue weighted by Gasteiger charge is -2.30. The number of aliphatic hydroxyl groups excluding tert-OH is 1. The fraction of sp³-hybridized carbons (Fsp3) is 0.688. The van der Waals surface area contributed by atoms with Crippen LogP contribution in [0.5, 0.6) is 0 Å². The summed E-state index contributed by atoms with van der Waals surface area (Å²) in [6, 6.07) is 1.27. The first-order valence-electron chi connectivity index (χ1n) is 8.05. The van der Waals surface area contributed by atoms with E-state index in [1.807, 2.05) is 13.8 Å². The Morgan fingerprint density at radius 1 is 1.50 bits per heavy atom. The van der Waals surface area contributed by atoms with Gasteiger partial charge in [-0.2, -0.15) is 0 Å². The smallest absolute Gasteiger partial charge is 0.211 e. The van der Waals surface area contributed by atoms with Crippen molar-refractivity contribution in [3.8, 4) is 0 Å². The van der Waals surface area contributed by atoms with E-state index in [1.54, 1.807) is 0 Å². The fourth-order valence-corrected chi connectivity index (χ4v) is 4.08. The van der Waals surface area contributed by atoms with Gasteiger partial charge in [-0.05, 0) is 38.7 Å². The van der Waals surface area contributed by atoms with Gasteiger partial charge in [0.15, 0.2) is 0 Å². The van der Waals surface area contributed by atoms with Gasteiger partial charge in [-0.1, -0.05) is 0 Å². The highest BCUT2D eigenvalue weighted by atomic mass is 32.2. The van der Waals surface area contributed by atoms with Crippen molar-refractivity contribution in [2.45, 2.75) is 38.3 Å². The molecular weight excluding hydrogens is 333 g/mol. The van der Waals surface area contributed by atoms with Crippen molar-refractivity contribution in [1.82, 2.24) is 14.6 Å². The number of β-amino-alcohol motifs (C(OH)–C–C–N with tert-alkyl or cyclic N) is 1. The molecule has 0 unspecified atom stereocenters. The number of nitrogens with one attached hydrogen (secondary N) is 1. The number of pyridine rings is 1. The van der Waals surface area contributed by atoms with E-state index in [9.17, 15) is 17.9 Å². The van der Waals surface area contributed by atoms with Crippen molar-refractivity contribution in [3.05, 3.63) is 29.8 Å². The first-order chi connectivity index (χ1) is 11.1. The van der Waals surface area contributed by atoms with Gasteiger partial charge in [0.25, 0.3) is 0 Å². The van der Waals surface area contributed by atoms with Crippen LogP contribution in [0.4, 0.5) is 4.39 Å². The van der Waals surface area contributed by atoms with Crippen LogP contribution in [-0.4, -0.2) is 54.2 Å². The van der Waals surface area contributed by atoms with E-state index in [0.717, 1.165) is 19.0 Å². The Morgan fingerprint density at radius 2 is 2.21 bits per heavy atom. The molecule has 1 fully saturated rings. The minimum Gasteiger partial charge on any atom is -0.387 e. The highest BCUT2D eigenvalue weighted by Gasteiger charge is 2.32. The molecule has 1 aromatic rings. The fourth-order valence-electron chi connectivity index (χ4n) is 3.16. The predicted octanol–water partition coefficient (Wildman–Crippen LogP) is 1.29. The molecule has 1 saturated heterocycles. The molecule has 1 aromatic heterocycles. The summed E-state index contributed by atoms with van der Waals surface area (Å²) in [4.78, 5) is 3.74. The number of hydrogen-bond donors (Lipinski definition) is 2. The highest BCUT2D eigenvalue weighted by Crippen LogP contribution is 2.27. The zero-order valence-electron chi connectivity index (χ0n) is 14.4. The molecule has 0 aromatic carbocycles. The molecule has 0 bridgehead atoms. The molecule has 0 amide bonds. The van der Waals surface area contributed by atoms with Gasteiger partial charge in [0.1, 0.15) is 5.82 Å². The van der Waals surface area contributed by atoms with E-state index in [1.165, 1.54) is 22.8 Å². The van der Waals surface area contributed by atoms with E-state index in [-0.39, 0.29) is 18.0 Å². The third-order valence-electron chi connectivity index (χ3n) is 4.40. The van der Waals surface area contributed by atoms with Gasteiger partial charge in [0, 0.05) is 36.9 Å². The first-order valence-corrected chi connectivity index (χ1v) is 9.90. The minimum absolute atomic E-state index is 0.264. The molecule has 6 nitrogen and oxygen atoms in total. The van der Waals surface area contributed by atoms with Crippen LogP contribution in [-0.2, 0) is 10.0 Å². The van der Waals surface area contributed by atoms with Gasteiger partial charge in [-0.3, -0.25) is 4.98 Å². The molecule has 2 N–H and O–H groups in total. The predicted molar refractivity (Wildman–Crippen MR) is 90.4 cm³/mol. The van der Waals surface area contributed by atoms with Crippen LogP contribution < -0.4 is 5.32 Å². The lowest BCUT2D eigenvalue weighted by molar-refractivity contribution is 0.154. The van der Waals surface area contributed by atoms with Gasteiger partial charge in [0.2, 0.25) is 10.0 Å². The van der Waals surface area contributed by atoms with E-state index in [0.29, 0.717) is 18.7 Å². The summed E-state index contributed by atoms with van der Waals surface area (Å²) in [6.07, 6.45) is 4.58. The van der Waals surface area contributed by atoms with Crippen LogP contribution >= 0.6 is 0 Å². The summed E-state index contributed by atoms with van der Waals surface area (Å²) in [5.74, 6) is -0.187. The largest absolute Gasteiger partial charge is 0.387 e. The molecule has 2 atom stereocenters. The lowest BCUT2D eigenvalue weighted by atomic mass is 9.89. The van der Waals surface area contributed by atoms with Crippen molar-refractivity contribution in [1.29, 1.82) is 0 Å². The molecule has 0 spiro atoms.